The zero-order chi connectivity index (χ0) is 13.8. The molecule has 19 heavy (non-hydrogen) atoms. The normalized spacial score (nSPS) is 14.3. The Balaban J connectivity index is 2.08. The van der Waals surface area contributed by atoms with Gasteiger partial charge in [0.2, 0.25) is 0 Å². The highest BCUT2D eigenvalue weighted by atomic mass is 79.9. The van der Waals surface area contributed by atoms with Crippen LogP contribution >= 0.6 is 27.3 Å². The summed E-state index contributed by atoms with van der Waals surface area (Å²) >= 11 is 4.99. The van der Waals surface area contributed by atoms with Crippen LogP contribution in [0.25, 0.3) is 0 Å². The van der Waals surface area contributed by atoms with Gasteiger partial charge in [0.05, 0.1) is 6.61 Å². The minimum Gasteiger partial charge on any atom is -0.366 e. The molecular weight excluding hydrogens is 329 g/mol. The maximum Gasteiger partial charge on any atom is 0.128 e. The van der Waals surface area contributed by atoms with E-state index in [1.165, 1.54) is 6.07 Å². The Hall–Kier alpha value is -0.750. The standard InChI is InChI=1S/C14H15BrFNOS/c1-9(17)14(13-6-11(15)8-19-13)18-7-10-4-2-3-5-12(10)16/h2-6,8-9,14H,7,17H2,1H3. The van der Waals surface area contributed by atoms with Gasteiger partial charge in [-0.1, -0.05) is 18.2 Å². The maximum atomic E-state index is 13.5. The van der Waals surface area contributed by atoms with Gasteiger partial charge < -0.3 is 10.5 Å². The third-order valence-corrected chi connectivity index (χ3v) is 4.48. The molecule has 102 valence electrons. The first-order valence-electron chi connectivity index (χ1n) is 5.92. The fraction of sp³-hybridized carbons (Fsp3) is 0.286. The summed E-state index contributed by atoms with van der Waals surface area (Å²) in [6.07, 6.45) is -0.226. The largest absolute Gasteiger partial charge is 0.366 e. The van der Waals surface area contributed by atoms with E-state index in [2.05, 4.69) is 15.9 Å². The van der Waals surface area contributed by atoms with E-state index in [1.54, 1.807) is 29.5 Å². The first-order valence-corrected chi connectivity index (χ1v) is 7.59. The van der Waals surface area contributed by atoms with Crippen LogP contribution in [0.1, 0.15) is 23.5 Å². The van der Waals surface area contributed by atoms with Crippen LogP contribution in [-0.2, 0) is 11.3 Å². The van der Waals surface area contributed by atoms with Crippen molar-refractivity contribution in [1.82, 2.24) is 0 Å². The quantitative estimate of drug-likeness (QED) is 0.880. The summed E-state index contributed by atoms with van der Waals surface area (Å²) in [5.74, 6) is -0.252. The van der Waals surface area contributed by atoms with Gasteiger partial charge in [-0.2, -0.15) is 0 Å². The number of hydrogen-bond acceptors (Lipinski definition) is 3. The van der Waals surface area contributed by atoms with E-state index in [9.17, 15) is 4.39 Å². The molecule has 1 heterocycles. The second-order valence-corrected chi connectivity index (χ2v) is 6.21. The van der Waals surface area contributed by atoms with Crippen LogP contribution in [0.3, 0.4) is 0 Å². The van der Waals surface area contributed by atoms with Crippen LogP contribution in [0.15, 0.2) is 40.2 Å². The Bertz CT molecular complexity index is 544. The lowest BCUT2D eigenvalue weighted by Gasteiger charge is -2.20. The fourth-order valence-electron chi connectivity index (χ4n) is 1.77. The van der Waals surface area contributed by atoms with Crippen molar-refractivity contribution in [3.8, 4) is 0 Å². The topological polar surface area (TPSA) is 35.2 Å². The third kappa shape index (κ3) is 3.86. The highest BCUT2D eigenvalue weighted by molar-refractivity contribution is 9.10. The van der Waals surface area contributed by atoms with Crippen molar-refractivity contribution in [2.45, 2.75) is 25.7 Å². The summed E-state index contributed by atoms with van der Waals surface area (Å²) in [7, 11) is 0. The molecule has 2 rings (SSSR count). The molecular formula is C14H15BrFNOS. The Morgan fingerprint density at radius 1 is 1.42 bits per heavy atom. The molecule has 1 aromatic carbocycles. The number of ether oxygens (including phenoxy) is 1. The van der Waals surface area contributed by atoms with Crippen LogP contribution in [0.4, 0.5) is 4.39 Å². The van der Waals surface area contributed by atoms with E-state index in [-0.39, 0.29) is 24.6 Å². The van der Waals surface area contributed by atoms with Crippen LogP contribution < -0.4 is 5.73 Å². The number of thiophene rings is 1. The molecule has 2 nitrogen and oxygen atoms in total. The molecule has 5 heteroatoms. The van der Waals surface area contributed by atoms with Gasteiger partial charge in [-0.05, 0) is 35.0 Å². The molecule has 2 N–H and O–H groups in total. The number of halogens is 2. The molecule has 0 aliphatic carbocycles. The first-order chi connectivity index (χ1) is 9.08. The van der Waals surface area contributed by atoms with E-state index in [4.69, 9.17) is 10.5 Å². The molecule has 0 bridgehead atoms. The zero-order valence-electron chi connectivity index (χ0n) is 10.5. The van der Waals surface area contributed by atoms with Crippen molar-refractivity contribution in [3.05, 3.63) is 56.4 Å². The summed E-state index contributed by atoms with van der Waals surface area (Å²) in [4.78, 5) is 1.04. The molecule has 2 unspecified atom stereocenters. The lowest BCUT2D eigenvalue weighted by Crippen LogP contribution is -2.26. The van der Waals surface area contributed by atoms with Crippen LogP contribution in [0.2, 0.25) is 0 Å². The van der Waals surface area contributed by atoms with Gasteiger partial charge in [-0.15, -0.1) is 11.3 Å². The minimum absolute atomic E-state index is 0.155. The zero-order valence-corrected chi connectivity index (χ0v) is 12.9. The number of benzene rings is 1. The highest BCUT2D eigenvalue weighted by Crippen LogP contribution is 2.30. The number of hydrogen-bond donors (Lipinski definition) is 1. The van der Waals surface area contributed by atoms with Crippen molar-refractivity contribution >= 4 is 27.3 Å². The second-order valence-electron chi connectivity index (χ2n) is 4.35. The molecule has 0 radical (unpaired) electrons. The smallest absolute Gasteiger partial charge is 0.128 e. The predicted molar refractivity (Wildman–Crippen MR) is 79.6 cm³/mol. The molecule has 0 spiro atoms. The van der Waals surface area contributed by atoms with Gasteiger partial charge in [0, 0.05) is 26.3 Å². The van der Waals surface area contributed by atoms with Crippen molar-refractivity contribution < 1.29 is 9.13 Å². The van der Waals surface area contributed by atoms with Crippen molar-refractivity contribution in [1.29, 1.82) is 0 Å². The lowest BCUT2D eigenvalue weighted by atomic mass is 10.1. The van der Waals surface area contributed by atoms with E-state index in [1.807, 2.05) is 18.4 Å². The Morgan fingerprint density at radius 2 is 2.16 bits per heavy atom. The summed E-state index contributed by atoms with van der Waals surface area (Å²) in [5, 5.41) is 1.98. The summed E-state index contributed by atoms with van der Waals surface area (Å²) in [6.45, 7) is 2.11. The van der Waals surface area contributed by atoms with Gasteiger partial charge >= 0.3 is 0 Å². The van der Waals surface area contributed by atoms with Crippen molar-refractivity contribution in [3.63, 3.8) is 0 Å². The summed E-state index contributed by atoms with van der Waals surface area (Å²) in [5.41, 5.74) is 6.50. The minimum atomic E-state index is -0.252. The highest BCUT2D eigenvalue weighted by Gasteiger charge is 2.19. The van der Waals surface area contributed by atoms with Gasteiger partial charge in [0.1, 0.15) is 11.9 Å². The average molecular weight is 344 g/mol. The molecule has 0 aliphatic rings. The average Bonchev–Trinajstić information content (AvgIpc) is 2.78. The molecule has 0 aliphatic heterocycles. The Morgan fingerprint density at radius 3 is 2.74 bits per heavy atom. The molecule has 0 saturated heterocycles. The first kappa shape index (κ1) is 14.7. The van der Waals surface area contributed by atoms with E-state index in [0.717, 1.165) is 9.35 Å². The summed E-state index contributed by atoms with van der Waals surface area (Å²) < 4.78 is 20.3. The molecule has 1 aromatic heterocycles. The Kier molecular flexibility index (Phi) is 5.10. The third-order valence-electron chi connectivity index (χ3n) is 2.72. The van der Waals surface area contributed by atoms with E-state index < -0.39 is 0 Å². The molecule has 2 atom stereocenters. The van der Waals surface area contributed by atoms with Crippen LogP contribution in [0.5, 0.6) is 0 Å². The molecule has 0 fully saturated rings. The van der Waals surface area contributed by atoms with Gasteiger partial charge in [-0.3, -0.25) is 0 Å². The molecule has 2 aromatic rings. The second kappa shape index (κ2) is 6.61. The molecule has 0 saturated carbocycles. The van der Waals surface area contributed by atoms with Gasteiger partial charge in [0.15, 0.2) is 0 Å². The number of rotatable bonds is 5. The predicted octanol–water partition coefficient (Wildman–Crippen LogP) is 4.25. The SMILES string of the molecule is CC(N)C(OCc1ccccc1F)c1cc(Br)cs1. The summed E-state index contributed by atoms with van der Waals surface area (Å²) in [6, 6.07) is 8.44. The fourth-order valence-corrected chi connectivity index (χ4v) is 3.37. The van der Waals surface area contributed by atoms with Crippen molar-refractivity contribution in [2.24, 2.45) is 5.73 Å². The van der Waals surface area contributed by atoms with E-state index >= 15 is 0 Å². The Labute approximate surface area is 124 Å². The molecule has 0 amide bonds. The van der Waals surface area contributed by atoms with Gasteiger partial charge in [0.25, 0.3) is 0 Å². The van der Waals surface area contributed by atoms with Crippen LogP contribution in [-0.4, -0.2) is 6.04 Å². The lowest BCUT2D eigenvalue weighted by molar-refractivity contribution is 0.0268. The van der Waals surface area contributed by atoms with Crippen LogP contribution in [0, 0.1) is 5.82 Å². The monoisotopic (exact) mass is 343 g/mol. The number of nitrogens with two attached hydrogens (primary N) is 1. The van der Waals surface area contributed by atoms with E-state index in [0.29, 0.717) is 5.56 Å². The van der Waals surface area contributed by atoms with Crippen molar-refractivity contribution in [2.75, 3.05) is 0 Å². The van der Waals surface area contributed by atoms with Gasteiger partial charge in [-0.25, -0.2) is 4.39 Å². The maximum absolute atomic E-state index is 13.5.